The fourth-order valence-electron chi connectivity index (χ4n) is 4.49. The van der Waals surface area contributed by atoms with E-state index in [-0.39, 0.29) is 18.4 Å². The zero-order chi connectivity index (χ0) is 24.6. The van der Waals surface area contributed by atoms with Crippen LogP contribution in [0, 0.1) is 0 Å². The third kappa shape index (κ3) is 5.05. The molecule has 2 aromatic carbocycles. The van der Waals surface area contributed by atoms with Crippen LogP contribution in [-0.2, 0) is 19.6 Å². The lowest BCUT2D eigenvalue weighted by molar-refractivity contribution is -0.143. The van der Waals surface area contributed by atoms with Crippen molar-refractivity contribution in [2.75, 3.05) is 44.1 Å². The minimum absolute atomic E-state index is 0.103. The number of carbonyl (C=O) groups excluding carboxylic acids is 2. The number of nitrogens with zero attached hydrogens (tertiary/aromatic N) is 2. The van der Waals surface area contributed by atoms with Crippen LogP contribution in [0.3, 0.4) is 0 Å². The van der Waals surface area contributed by atoms with Crippen molar-refractivity contribution in [2.45, 2.75) is 30.1 Å². The SMILES string of the molecule is O=C(c1ccc(-c2cccc(NS(=O)(=O)C3CCOC3)c2)cc1)N1CCN(C(=O)C2(O)CC2)CC1. The van der Waals surface area contributed by atoms with Crippen LogP contribution in [-0.4, -0.2) is 85.4 Å². The molecule has 1 atom stereocenters. The highest BCUT2D eigenvalue weighted by molar-refractivity contribution is 7.93. The molecule has 2 aliphatic heterocycles. The van der Waals surface area contributed by atoms with Gasteiger partial charge in [-0.2, -0.15) is 0 Å². The fraction of sp³-hybridized carbons (Fsp3) is 0.440. The molecule has 5 rings (SSSR count). The molecule has 1 unspecified atom stereocenters. The Bertz CT molecular complexity index is 1210. The number of aliphatic hydroxyl groups is 1. The first-order valence-corrected chi connectivity index (χ1v) is 13.4. The number of carbonyl (C=O) groups is 2. The van der Waals surface area contributed by atoms with Gasteiger partial charge in [0, 0.05) is 44.0 Å². The molecule has 1 aliphatic carbocycles. The van der Waals surface area contributed by atoms with E-state index in [9.17, 15) is 23.1 Å². The van der Waals surface area contributed by atoms with E-state index in [1.807, 2.05) is 18.2 Å². The van der Waals surface area contributed by atoms with E-state index in [0.29, 0.717) is 63.3 Å². The summed E-state index contributed by atoms with van der Waals surface area (Å²) in [7, 11) is -3.52. The van der Waals surface area contributed by atoms with Gasteiger partial charge in [0.05, 0.1) is 6.61 Å². The minimum atomic E-state index is -3.52. The molecule has 9 nitrogen and oxygen atoms in total. The molecular weight excluding hydrogens is 470 g/mol. The number of piperazine rings is 1. The van der Waals surface area contributed by atoms with Crippen molar-refractivity contribution in [2.24, 2.45) is 0 Å². The van der Waals surface area contributed by atoms with Crippen molar-refractivity contribution < 1.29 is 27.9 Å². The Morgan fingerprint density at radius 3 is 2.29 bits per heavy atom. The number of hydrogen-bond acceptors (Lipinski definition) is 6. The number of anilines is 1. The van der Waals surface area contributed by atoms with E-state index in [4.69, 9.17) is 4.74 Å². The number of rotatable bonds is 6. The van der Waals surface area contributed by atoms with Crippen molar-refractivity contribution in [3.05, 3.63) is 54.1 Å². The fourth-order valence-corrected chi connectivity index (χ4v) is 5.80. The molecule has 35 heavy (non-hydrogen) atoms. The maximum atomic E-state index is 13.0. The van der Waals surface area contributed by atoms with E-state index < -0.39 is 20.9 Å². The second kappa shape index (κ2) is 9.25. The standard InChI is InChI=1S/C25H29N3O6S/c29-23(27-11-13-28(14-12-27)24(30)25(31)9-10-25)19-6-4-18(5-7-19)20-2-1-3-21(16-20)26-35(32,33)22-8-15-34-17-22/h1-7,16,22,26,31H,8-15,17H2. The highest BCUT2D eigenvalue weighted by atomic mass is 32.2. The molecule has 0 bridgehead atoms. The van der Waals surface area contributed by atoms with E-state index in [2.05, 4.69) is 4.72 Å². The minimum Gasteiger partial charge on any atom is -0.380 e. The summed E-state index contributed by atoms with van der Waals surface area (Å²) in [5.74, 6) is -0.330. The molecule has 2 amide bonds. The maximum Gasteiger partial charge on any atom is 0.254 e. The zero-order valence-electron chi connectivity index (χ0n) is 19.4. The van der Waals surface area contributed by atoms with Gasteiger partial charge in [0.25, 0.3) is 11.8 Å². The normalized spacial score (nSPS) is 21.6. The average molecular weight is 500 g/mol. The summed E-state index contributed by atoms with van der Waals surface area (Å²) in [6.07, 6.45) is 1.52. The maximum absolute atomic E-state index is 13.0. The smallest absolute Gasteiger partial charge is 0.254 e. The molecule has 186 valence electrons. The molecule has 0 spiro atoms. The van der Waals surface area contributed by atoms with Crippen LogP contribution in [0.2, 0.25) is 0 Å². The summed E-state index contributed by atoms with van der Waals surface area (Å²) in [4.78, 5) is 28.6. The first-order valence-electron chi connectivity index (χ1n) is 11.9. The summed E-state index contributed by atoms with van der Waals surface area (Å²) < 4.78 is 33.0. The lowest BCUT2D eigenvalue weighted by Crippen LogP contribution is -2.53. The van der Waals surface area contributed by atoms with E-state index in [1.165, 1.54) is 0 Å². The monoisotopic (exact) mass is 499 g/mol. The van der Waals surface area contributed by atoms with Crippen molar-refractivity contribution in [3.8, 4) is 11.1 Å². The van der Waals surface area contributed by atoms with Gasteiger partial charge >= 0.3 is 0 Å². The predicted octanol–water partition coefficient (Wildman–Crippen LogP) is 1.69. The molecule has 2 heterocycles. The summed E-state index contributed by atoms with van der Waals surface area (Å²) in [5.41, 5.74) is 1.55. The Hall–Kier alpha value is -2.95. The Morgan fingerprint density at radius 2 is 1.66 bits per heavy atom. The largest absolute Gasteiger partial charge is 0.380 e. The molecule has 2 N–H and O–H groups in total. The van der Waals surface area contributed by atoms with Gasteiger partial charge in [0.15, 0.2) is 0 Å². The number of ether oxygens (including phenoxy) is 1. The number of benzene rings is 2. The van der Waals surface area contributed by atoms with E-state index in [1.54, 1.807) is 40.1 Å². The number of nitrogens with one attached hydrogen (secondary N) is 1. The Morgan fingerprint density at radius 1 is 0.971 bits per heavy atom. The Balaban J connectivity index is 1.22. The molecule has 3 fully saturated rings. The zero-order valence-corrected chi connectivity index (χ0v) is 20.2. The van der Waals surface area contributed by atoms with Crippen LogP contribution < -0.4 is 4.72 Å². The second-order valence-electron chi connectivity index (χ2n) is 9.41. The quantitative estimate of drug-likeness (QED) is 0.625. The highest BCUT2D eigenvalue weighted by Crippen LogP contribution is 2.37. The Labute approximate surface area is 204 Å². The second-order valence-corrected chi connectivity index (χ2v) is 11.4. The predicted molar refractivity (Wildman–Crippen MR) is 130 cm³/mol. The first kappa shape index (κ1) is 23.8. The lowest BCUT2D eigenvalue weighted by atomic mass is 10.0. The first-order chi connectivity index (χ1) is 16.7. The molecule has 1 saturated carbocycles. The van der Waals surface area contributed by atoms with Gasteiger partial charge in [-0.3, -0.25) is 14.3 Å². The molecule has 3 aliphatic rings. The van der Waals surface area contributed by atoms with E-state index in [0.717, 1.165) is 11.1 Å². The average Bonchev–Trinajstić information content (AvgIpc) is 3.37. The molecule has 2 saturated heterocycles. The van der Waals surface area contributed by atoms with Gasteiger partial charge in [-0.1, -0.05) is 24.3 Å². The van der Waals surface area contributed by atoms with Crippen molar-refractivity contribution in [3.63, 3.8) is 0 Å². The topological polar surface area (TPSA) is 116 Å². The van der Waals surface area contributed by atoms with Crippen LogP contribution in [0.25, 0.3) is 11.1 Å². The lowest BCUT2D eigenvalue weighted by Gasteiger charge is -2.35. The van der Waals surface area contributed by atoms with Gasteiger partial charge in [-0.15, -0.1) is 0 Å². The molecule has 0 radical (unpaired) electrons. The van der Waals surface area contributed by atoms with Crippen LogP contribution >= 0.6 is 0 Å². The van der Waals surface area contributed by atoms with E-state index >= 15 is 0 Å². The van der Waals surface area contributed by atoms with Crippen LogP contribution in [0.15, 0.2) is 48.5 Å². The summed E-state index contributed by atoms with van der Waals surface area (Å²) >= 11 is 0. The summed E-state index contributed by atoms with van der Waals surface area (Å²) in [6, 6.07) is 14.4. The number of sulfonamides is 1. The van der Waals surface area contributed by atoms with Crippen LogP contribution in [0.1, 0.15) is 29.6 Å². The summed E-state index contributed by atoms with van der Waals surface area (Å²) in [5, 5.41) is 9.49. The number of hydrogen-bond donors (Lipinski definition) is 2. The molecular formula is C25H29N3O6S. The molecule has 10 heteroatoms. The van der Waals surface area contributed by atoms with Gasteiger partial charge < -0.3 is 19.6 Å². The third-order valence-corrected chi connectivity index (χ3v) is 8.66. The van der Waals surface area contributed by atoms with Gasteiger partial charge in [-0.05, 0) is 54.7 Å². The number of amides is 2. The Kier molecular flexibility index (Phi) is 6.29. The van der Waals surface area contributed by atoms with Crippen LogP contribution in [0.5, 0.6) is 0 Å². The summed E-state index contributed by atoms with van der Waals surface area (Å²) in [6.45, 7) is 2.35. The van der Waals surface area contributed by atoms with Crippen molar-refractivity contribution >= 4 is 27.5 Å². The third-order valence-electron chi connectivity index (χ3n) is 6.89. The molecule has 0 aromatic heterocycles. The van der Waals surface area contributed by atoms with Gasteiger partial charge in [0.1, 0.15) is 10.9 Å². The highest BCUT2D eigenvalue weighted by Gasteiger charge is 2.50. The van der Waals surface area contributed by atoms with Crippen molar-refractivity contribution in [1.82, 2.24) is 9.80 Å². The molecule has 2 aromatic rings. The van der Waals surface area contributed by atoms with Crippen LogP contribution in [0.4, 0.5) is 5.69 Å². The van der Waals surface area contributed by atoms with Gasteiger partial charge in [-0.25, -0.2) is 8.42 Å². The van der Waals surface area contributed by atoms with Crippen molar-refractivity contribution in [1.29, 1.82) is 0 Å². The van der Waals surface area contributed by atoms with Gasteiger partial charge in [0.2, 0.25) is 10.0 Å².